The summed E-state index contributed by atoms with van der Waals surface area (Å²) in [4.78, 5) is 2.09. The van der Waals surface area contributed by atoms with Gasteiger partial charge in [0.25, 0.3) is 6.08 Å². The predicted octanol–water partition coefficient (Wildman–Crippen LogP) is 3.16. The zero-order chi connectivity index (χ0) is 9.84. The van der Waals surface area contributed by atoms with Crippen molar-refractivity contribution in [2.75, 3.05) is 13.1 Å². The van der Waals surface area contributed by atoms with Gasteiger partial charge >= 0.3 is 0 Å². The predicted molar refractivity (Wildman–Crippen MR) is 49.5 cm³/mol. The summed E-state index contributed by atoms with van der Waals surface area (Å²) in [5.74, 6) is 0. The van der Waals surface area contributed by atoms with E-state index in [1.807, 2.05) is 6.92 Å². The molecule has 1 aliphatic heterocycles. The largest absolute Gasteiger partial charge is 0.375 e. The first-order chi connectivity index (χ1) is 6.15. The Kier molecular flexibility index (Phi) is 3.46. The summed E-state index contributed by atoms with van der Waals surface area (Å²) in [5.41, 5.74) is 1.37. The maximum atomic E-state index is 12.2. The number of halogens is 2. The maximum Gasteiger partial charge on any atom is 0.269 e. The fourth-order valence-electron chi connectivity index (χ4n) is 1.51. The van der Waals surface area contributed by atoms with Crippen molar-refractivity contribution in [3.8, 4) is 0 Å². The van der Waals surface area contributed by atoms with Crippen LogP contribution in [0.25, 0.3) is 0 Å². The van der Waals surface area contributed by atoms with Crippen LogP contribution in [0.5, 0.6) is 0 Å². The normalized spacial score (nSPS) is 17.5. The Balaban J connectivity index is 2.48. The van der Waals surface area contributed by atoms with Gasteiger partial charge in [-0.2, -0.15) is 8.78 Å². The first-order valence-electron chi connectivity index (χ1n) is 4.61. The van der Waals surface area contributed by atoms with Crippen LogP contribution in [0.15, 0.2) is 23.9 Å². The van der Waals surface area contributed by atoms with Crippen molar-refractivity contribution < 1.29 is 8.78 Å². The van der Waals surface area contributed by atoms with Gasteiger partial charge in [0.1, 0.15) is 0 Å². The molecule has 0 atom stereocenters. The summed E-state index contributed by atoms with van der Waals surface area (Å²) in [7, 11) is 0. The van der Waals surface area contributed by atoms with E-state index in [1.54, 1.807) is 0 Å². The third-order valence-electron chi connectivity index (χ3n) is 2.49. The van der Waals surface area contributed by atoms with Crippen molar-refractivity contribution in [2.45, 2.75) is 26.2 Å². The molecule has 0 bridgehead atoms. The van der Waals surface area contributed by atoms with Crippen LogP contribution in [0.4, 0.5) is 8.78 Å². The molecule has 0 radical (unpaired) electrons. The second-order valence-corrected chi connectivity index (χ2v) is 3.27. The van der Waals surface area contributed by atoms with Crippen LogP contribution in [-0.4, -0.2) is 18.0 Å². The van der Waals surface area contributed by atoms with Gasteiger partial charge in [-0.05, 0) is 24.8 Å². The van der Waals surface area contributed by atoms with E-state index in [4.69, 9.17) is 0 Å². The summed E-state index contributed by atoms with van der Waals surface area (Å²) in [6.45, 7) is 7.31. The molecular formula is C10H15F2N. The van der Waals surface area contributed by atoms with Gasteiger partial charge in [-0.15, -0.1) is 0 Å². The maximum absolute atomic E-state index is 12.2. The minimum Gasteiger partial charge on any atom is -0.375 e. The molecule has 1 heterocycles. The van der Waals surface area contributed by atoms with E-state index in [9.17, 15) is 8.78 Å². The minimum absolute atomic E-state index is 0.320. The lowest BCUT2D eigenvalue weighted by Crippen LogP contribution is -2.29. The Bertz CT molecular complexity index is 219. The monoisotopic (exact) mass is 187 g/mol. The molecule has 1 nitrogen and oxygen atoms in total. The molecule has 1 saturated heterocycles. The van der Waals surface area contributed by atoms with Gasteiger partial charge in [-0.3, -0.25) is 0 Å². The number of nitrogens with zero attached hydrogens (tertiary/aromatic N) is 1. The third-order valence-corrected chi connectivity index (χ3v) is 2.49. The Labute approximate surface area is 77.7 Å². The summed E-state index contributed by atoms with van der Waals surface area (Å²) in [6.07, 6.45) is 0.390. The number of hydrogen-bond donors (Lipinski definition) is 0. The molecule has 3 heteroatoms. The Morgan fingerprint density at radius 1 is 1.38 bits per heavy atom. The fraction of sp³-hybridized carbons (Fsp3) is 0.600. The first kappa shape index (κ1) is 10.2. The number of allylic oxidation sites excluding steroid dienone is 1. The van der Waals surface area contributed by atoms with Gasteiger partial charge in [0.2, 0.25) is 0 Å². The molecule has 1 fully saturated rings. The number of piperidine rings is 1. The van der Waals surface area contributed by atoms with Crippen LogP contribution >= 0.6 is 0 Å². The summed E-state index contributed by atoms with van der Waals surface area (Å²) in [6, 6.07) is 0. The average Bonchev–Trinajstić information content (AvgIpc) is 2.17. The number of rotatable bonds is 2. The van der Waals surface area contributed by atoms with Gasteiger partial charge in [0.15, 0.2) is 0 Å². The zero-order valence-electron chi connectivity index (χ0n) is 7.95. The molecular weight excluding hydrogens is 172 g/mol. The van der Waals surface area contributed by atoms with Gasteiger partial charge in [-0.1, -0.05) is 13.5 Å². The van der Waals surface area contributed by atoms with E-state index >= 15 is 0 Å². The molecule has 1 rings (SSSR count). The summed E-state index contributed by atoms with van der Waals surface area (Å²) < 4.78 is 24.3. The van der Waals surface area contributed by atoms with Gasteiger partial charge < -0.3 is 4.90 Å². The lowest BCUT2D eigenvalue weighted by molar-refractivity contribution is 0.298. The Morgan fingerprint density at radius 2 is 1.92 bits per heavy atom. The van der Waals surface area contributed by atoms with Gasteiger partial charge in [0.05, 0.1) is 0 Å². The highest BCUT2D eigenvalue weighted by Gasteiger charge is 2.17. The van der Waals surface area contributed by atoms with Crippen molar-refractivity contribution in [2.24, 2.45) is 0 Å². The molecule has 0 saturated carbocycles. The number of hydrogen-bond acceptors (Lipinski definition) is 1. The molecule has 0 aromatic carbocycles. The lowest BCUT2D eigenvalue weighted by atomic mass is 10.0. The molecule has 1 aliphatic rings. The molecule has 0 aromatic rings. The Morgan fingerprint density at radius 3 is 2.31 bits per heavy atom. The summed E-state index contributed by atoms with van der Waals surface area (Å²) in [5, 5.41) is 0. The highest BCUT2D eigenvalue weighted by Crippen LogP contribution is 2.23. The van der Waals surface area contributed by atoms with Crippen LogP contribution in [0, 0.1) is 0 Å². The average molecular weight is 187 g/mol. The van der Waals surface area contributed by atoms with Gasteiger partial charge in [-0.25, -0.2) is 0 Å². The van der Waals surface area contributed by atoms with E-state index in [-0.39, 0.29) is 0 Å². The first-order valence-corrected chi connectivity index (χ1v) is 4.61. The highest BCUT2D eigenvalue weighted by atomic mass is 19.3. The van der Waals surface area contributed by atoms with Gasteiger partial charge in [0, 0.05) is 18.8 Å². The molecule has 0 amide bonds. The molecule has 13 heavy (non-hydrogen) atoms. The lowest BCUT2D eigenvalue weighted by Gasteiger charge is -2.31. The second-order valence-electron chi connectivity index (χ2n) is 3.27. The smallest absolute Gasteiger partial charge is 0.269 e. The van der Waals surface area contributed by atoms with E-state index in [1.165, 1.54) is 0 Å². The molecule has 0 N–H and O–H groups in total. The van der Waals surface area contributed by atoms with Crippen molar-refractivity contribution in [3.05, 3.63) is 23.9 Å². The van der Waals surface area contributed by atoms with Crippen LogP contribution in [-0.2, 0) is 0 Å². The fourth-order valence-corrected chi connectivity index (χ4v) is 1.51. The number of likely N-dealkylation sites (tertiary alicyclic amines) is 1. The quantitative estimate of drug-likeness (QED) is 0.641. The topological polar surface area (TPSA) is 3.24 Å². The van der Waals surface area contributed by atoms with Crippen LogP contribution < -0.4 is 0 Å². The molecule has 0 unspecified atom stereocenters. The van der Waals surface area contributed by atoms with E-state index < -0.39 is 6.08 Å². The minimum atomic E-state index is -1.48. The zero-order valence-corrected chi connectivity index (χ0v) is 7.95. The van der Waals surface area contributed by atoms with Crippen LogP contribution in [0.1, 0.15) is 26.2 Å². The van der Waals surface area contributed by atoms with E-state index in [2.05, 4.69) is 11.5 Å². The molecule has 0 aromatic heterocycles. The summed E-state index contributed by atoms with van der Waals surface area (Å²) >= 11 is 0. The van der Waals surface area contributed by atoms with Crippen molar-refractivity contribution >= 4 is 0 Å². The highest BCUT2D eigenvalue weighted by molar-refractivity contribution is 5.09. The van der Waals surface area contributed by atoms with Crippen LogP contribution in [0.3, 0.4) is 0 Å². The molecule has 74 valence electrons. The molecule has 0 spiro atoms. The Hall–Kier alpha value is -0.860. The van der Waals surface area contributed by atoms with Crippen molar-refractivity contribution in [1.82, 2.24) is 4.90 Å². The van der Waals surface area contributed by atoms with Crippen molar-refractivity contribution in [3.63, 3.8) is 0 Å². The van der Waals surface area contributed by atoms with Crippen molar-refractivity contribution in [1.29, 1.82) is 0 Å². The molecule has 0 aliphatic carbocycles. The second kappa shape index (κ2) is 4.40. The van der Waals surface area contributed by atoms with E-state index in [0.717, 1.165) is 12.1 Å². The third kappa shape index (κ3) is 2.54. The SMILES string of the molecule is C=C(CC)N1CCC(=C(F)F)CC1. The van der Waals surface area contributed by atoms with Crippen LogP contribution in [0.2, 0.25) is 0 Å². The van der Waals surface area contributed by atoms with E-state index in [0.29, 0.717) is 31.5 Å². The standard InChI is InChI=1S/C10H15F2N/c1-3-8(2)13-6-4-9(5-7-13)10(11)12/h2-7H2,1H3.